The Morgan fingerprint density at radius 3 is 2.47 bits per heavy atom. The summed E-state index contributed by atoms with van der Waals surface area (Å²) < 4.78 is 12.5. The predicted octanol–water partition coefficient (Wildman–Crippen LogP) is 1.56. The number of hydrogen-bond acceptors (Lipinski definition) is 6. The summed E-state index contributed by atoms with van der Waals surface area (Å²) in [6, 6.07) is 8.76. The minimum absolute atomic E-state index is 0.0137. The normalized spacial score (nSPS) is 14.2. The van der Waals surface area contributed by atoms with Gasteiger partial charge in [0.05, 0.1) is 25.6 Å². The van der Waals surface area contributed by atoms with Crippen LogP contribution in [0.4, 0.5) is 5.69 Å². The van der Waals surface area contributed by atoms with Crippen molar-refractivity contribution in [2.75, 3.05) is 45.2 Å². The van der Waals surface area contributed by atoms with Crippen molar-refractivity contribution in [1.29, 1.82) is 0 Å². The first kappa shape index (κ1) is 23.3. The minimum Gasteiger partial charge on any atom is -0.492 e. The second-order valence-electron chi connectivity index (χ2n) is 7.58. The third-order valence-electron chi connectivity index (χ3n) is 5.38. The van der Waals surface area contributed by atoms with E-state index in [-0.39, 0.29) is 29.5 Å². The monoisotopic (exact) mass is 442 g/mol. The molecule has 2 aromatic rings. The van der Waals surface area contributed by atoms with Gasteiger partial charge in [-0.2, -0.15) is 0 Å². The largest absolute Gasteiger partial charge is 0.492 e. The molecular weight excluding hydrogens is 412 g/mol. The van der Waals surface area contributed by atoms with Crippen molar-refractivity contribution < 1.29 is 19.1 Å². The van der Waals surface area contributed by atoms with Crippen LogP contribution in [0.15, 0.2) is 41.3 Å². The van der Waals surface area contributed by atoms with Crippen LogP contribution in [0.2, 0.25) is 0 Å². The first-order chi connectivity index (χ1) is 15.4. The Hall–Kier alpha value is -3.33. The Kier molecular flexibility index (Phi) is 7.88. The molecule has 1 aromatic heterocycles. The number of anilines is 1. The molecule has 172 valence electrons. The molecular formula is C23H30N4O5. The molecule has 0 atom stereocenters. The van der Waals surface area contributed by atoms with E-state index >= 15 is 0 Å². The van der Waals surface area contributed by atoms with Crippen molar-refractivity contribution >= 4 is 17.5 Å². The van der Waals surface area contributed by atoms with E-state index in [2.05, 4.69) is 10.2 Å². The predicted molar refractivity (Wildman–Crippen MR) is 121 cm³/mol. The number of amides is 2. The zero-order valence-corrected chi connectivity index (χ0v) is 18.8. The van der Waals surface area contributed by atoms with E-state index in [1.165, 1.54) is 13.2 Å². The molecule has 2 heterocycles. The summed E-state index contributed by atoms with van der Waals surface area (Å²) in [6.45, 7) is 7.14. The van der Waals surface area contributed by atoms with Crippen molar-refractivity contribution in [1.82, 2.24) is 14.4 Å². The van der Waals surface area contributed by atoms with Gasteiger partial charge >= 0.3 is 0 Å². The fourth-order valence-electron chi connectivity index (χ4n) is 3.68. The molecule has 32 heavy (non-hydrogen) atoms. The number of ether oxygens (including phenoxy) is 2. The van der Waals surface area contributed by atoms with Crippen LogP contribution in [0.3, 0.4) is 0 Å². The Bertz CT molecular complexity index is 1010. The first-order valence-electron chi connectivity index (χ1n) is 10.7. The van der Waals surface area contributed by atoms with Gasteiger partial charge in [-0.05, 0) is 19.1 Å². The number of nitrogens with zero attached hydrogens (tertiary/aromatic N) is 3. The molecule has 0 unspecified atom stereocenters. The Labute approximate surface area is 187 Å². The van der Waals surface area contributed by atoms with Crippen LogP contribution in [0, 0.1) is 0 Å². The van der Waals surface area contributed by atoms with Gasteiger partial charge < -0.3 is 24.3 Å². The number of para-hydroxylation sites is 2. The molecule has 0 aliphatic carbocycles. The van der Waals surface area contributed by atoms with Gasteiger partial charge in [0.1, 0.15) is 12.3 Å². The van der Waals surface area contributed by atoms with Crippen LogP contribution in [-0.2, 0) is 22.7 Å². The van der Waals surface area contributed by atoms with Crippen LogP contribution >= 0.6 is 0 Å². The van der Waals surface area contributed by atoms with Crippen molar-refractivity contribution in [2.45, 2.75) is 26.9 Å². The van der Waals surface area contributed by atoms with Gasteiger partial charge in [0.15, 0.2) is 5.75 Å². The molecule has 9 heteroatoms. The van der Waals surface area contributed by atoms with Crippen LogP contribution in [0.25, 0.3) is 0 Å². The number of piperazine rings is 1. The molecule has 0 bridgehead atoms. The lowest BCUT2D eigenvalue weighted by molar-refractivity contribution is -0.130. The minimum atomic E-state index is -0.245. The lowest BCUT2D eigenvalue weighted by Gasteiger charge is -2.34. The number of carbonyl (C=O) groups is 2. The molecule has 0 radical (unpaired) electrons. The topological polar surface area (TPSA) is 93.1 Å². The highest BCUT2D eigenvalue weighted by atomic mass is 16.5. The highest BCUT2D eigenvalue weighted by Crippen LogP contribution is 2.23. The second-order valence-corrected chi connectivity index (χ2v) is 7.58. The molecule has 1 aliphatic heterocycles. The number of carbonyl (C=O) groups excluding carboxylic acids is 2. The maximum absolute atomic E-state index is 12.8. The van der Waals surface area contributed by atoms with E-state index in [0.717, 1.165) is 0 Å². The molecule has 0 spiro atoms. The van der Waals surface area contributed by atoms with E-state index in [9.17, 15) is 14.4 Å². The SMILES string of the molecule is CCOc1ccccc1NC(=O)Cn1cc(OC)c(=O)cc1CN1CCN(C(C)=O)CC1. The maximum atomic E-state index is 12.8. The Morgan fingerprint density at radius 2 is 1.81 bits per heavy atom. The number of methoxy groups -OCH3 is 1. The molecule has 9 nitrogen and oxygen atoms in total. The fourth-order valence-corrected chi connectivity index (χ4v) is 3.68. The van der Waals surface area contributed by atoms with Gasteiger partial charge in [-0.1, -0.05) is 12.1 Å². The van der Waals surface area contributed by atoms with E-state index in [1.807, 2.05) is 19.1 Å². The summed E-state index contributed by atoms with van der Waals surface area (Å²) in [7, 11) is 1.43. The number of nitrogens with one attached hydrogen (secondary N) is 1. The number of aromatic nitrogens is 1. The second kappa shape index (κ2) is 10.8. The van der Waals surface area contributed by atoms with Gasteiger partial charge in [-0.15, -0.1) is 0 Å². The zero-order valence-electron chi connectivity index (χ0n) is 18.8. The summed E-state index contributed by atoms with van der Waals surface area (Å²) in [6.07, 6.45) is 1.57. The van der Waals surface area contributed by atoms with Gasteiger partial charge in [0.2, 0.25) is 17.2 Å². The van der Waals surface area contributed by atoms with Gasteiger partial charge in [0.25, 0.3) is 0 Å². The third-order valence-corrected chi connectivity index (χ3v) is 5.38. The highest BCUT2D eigenvalue weighted by molar-refractivity contribution is 5.92. The summed E-state index contributed by atoms with van der Waals surface area (Å²) in [4.78, 5) is 40.7. The van der Waals surface area contributed by atoms with Crippen LogP contribution in [0.1, 0.15) is 19.5 Å². The third kappa shape index (κ3) is 5.88. The van der Waals surface area contributed by atoms with Gasteiger partial charge in [0, 0.05) is 51.4 Å². The van der Waals surface area contributed by atoms with Crippen LogP contribution in [0.5, 0.6) is 11.5 Å². The van der Waals surface area contributed by atoms with Crippen molar-refractivity contribution in [3.8, 4) is 11.5 Å². The number of rotatable bonds is 8. The first-order valence-corrected chi connectivity index (χ1v) is 10.7. The standard InChI is InChI=1S/C23H30N4O5/c1-4-32-21-8-6-5-7-19(21)24-23(30)16-27-15-22(31-3)20(29)13-18(27)14-25-9-11-26(12-10-25)17(2)28/h5-8,13,15H,4,9-12,14,16H2,1-3H3,(H,24,30). The zero-order chi connectivity index (χ0) is 23.1. The summed E-state index contributed by atoms with van der Waals surface area (Å²) in [5, 5.41) is 2.88. The molecule has 3 rings (SSSR count). The average Bonchev–Trinajstić information content (AvgIpc) is 2.77. The fraction of sp³-hybridized carbons (Fsp3) is 0.435. The lowest BCUT2D eigenvalue weighted by atomic mass is 10.2. The molecule has 1 fully saturated rings. The average molecular weight is 443 g/mol. The number of pyridine rings is 1. The smallest absolute Gasteiger partial charge is 0.244 e. The maximum Gasteiger partial charge on any atom is 0.244 e. The summed E-state index contributed by atoms with van der Waals surface area (Å²) in [5.74, 6) is 0.600. The van der Waals surface area contributed by atoms with Crippen LogP contribution < -0.4 is 20.2 Å². The lowest BCUT2D eigenvalue weighted by Crippen LogP contribution is -2.47. The molecule has 2 amide bonds. The van der Waals surface area contributed by atoms with E-state index < -0.39 is 0 Å². The quantitative estimate of drug-likeness (QED) is 0.667. The van der Waals surface area contributed by atoms with Gasteiger partial charge in [-0.25, -0.2) is 0 Å². The Balaban J connectivity index is 1.76. The van der Waals surface area contributed by atoms with E-state index in [1.54, 1.807) is 34.7 Å². The Morgan fingerprint density at radius 1 is 1.09 bits per heavy atom. The molecule has 1 N–H and O–H groups in total. The van der Waals surface area contributed by atoms with Crippen molar-refractivity contribution in [3.63, 3.8) is 0 Å². The summed E-state index contributed by atoms with van der Waals surface area (Å²) in [5.41, 5.74) is 1.07. The molecule has 1 aromatic carbocycles. The molecule has 1 aliphatic rings. The number of hydrogen-bond donors (Lipinski definition) is 1. The van der Waals surface area contributed by atoms with Crippen LogP contribution in [-0.4, -0.2) is 66.1 Å². The van der Waals surface area contributed by atoms with Crippen molar-refractivity contribution in [2.24, 2.45) is 0 Å². The number of benzene rings is 1. The van der Waals surface area contributed by atoms with E-state index in [4.69, 9.17) is 9.47 Å². The molecule has 1 saturated heterocycles. The molecule has 0 saturated carbocycles. The highest BCUT2D eigenvalue weighted by Gasteiger charge is 2.20. The van der Waals surface area contributed by atoms with E-state index in [0.29, 0.717) is 56.5 Å². The van der Waals surface area contributed by atoms with Gasteiger partial charge in [-0.3, -0.25) is 19.3 Å². The van der Waals surface area contributed by atoms with Crippen molar-refractivity contribution in [3.05, 3.63) is 52.4 Å². The summed E-state index contributed by atoms with van der Waals surface area (Å²) >= 11 is 0.